The van der Waals surface area contributed by atoms with E-state index in [2.05, 4.69) is 0 Å². The van der Waals surface area contributed by atoms with Gasteiger partial charge in [-0.2, -0.15) is 0 Å². The number of hydrogen-bond donors (Lipinski definition) is 10. The molecular weight excluding hydrogens is 888 g/mol. The maximum absolute atomic E-state index is 13.7. The first kappa shape index (κ1) is 51.9. The third-order valence-electron chi connectivity index (χ3n) is 11.0. The number of rotatable bonds is 18. The van der Waals surface area contributed by atoms with Gasteiger partial charge in [0, 0.05) is 29.4 Å². The molecule has 0 aliphatic carbocycles. The maximum atomic E-state index is 13.7. The van der Waals surface area contributed by atoms with Crippen LogP contribution in [0.4, 0.5) is 0 Å². The third kappa shape index (κ3) is 12.5. The Morgan fingerprint density at radius 1 is 0.636 bits per heavy atom. The molecule has 0 saturated carbocycles. The van der Waals surface area contributed by atoms with Gasteiger partial charge in [0.1, 0.15) is 67.8 Å². The standard InChI is InChI=1S/C42H54O24/c1-57-37(55)25-17-61-40(66-42-36(54)34(52)32(50)28(15-45)64-42)23(21(25)7-8-29(47)60-16-19-3-5-20(46)6-4-19)10-12-59-30(48)13-24-22(9-11-43)39(62-18-26(24)38(56)58-2)65-41-35(53)33(51)31(49)27(14-44)63-41/h3-6,9-10,17-18,21,24,27-28,31-36,39-46,49-54H,7-8,11-16H2,1-2H3. The summed E-state index contributed by atoms with van der Waals surface area (Å²) in [4.78, 5) is 52.7. The van der Waals surface area contributed by atoms with Gasteiger partial charge in [0.2, 0.25) is 12.6 Å². The highest BCUT2D eigenvalue weighted by Crippen LogP contribution is 2.39. The fourth-order valence-corrected chi connectivity index (χ4v) is 7.40. The molecule has 5 rings (SSSR count). The van der Waals surface area contributed by atoms with Crippen molar-refractivity contribution in [1.29, 1.82) is 0 Å². The fraction of sp³-hybridized carbons (Fsp3) is 0.571. The molecule has 10 N–H and O–H groups in total. The van der Waals surface area contributed by atoms with Gasteiger partial charge in [-0.25, -0.2) is 9.59 Å². The summed E-state index contributed by atoms with van der Waals surface area (Å²) >= 11 is 0. The summed E-state index contributed by atoms with van der Waals surface area (Å²) in [6, 6.07) is 5.88. The molecular formula is C42H54O24. The lowest BCUT2D eigenvalue weighted by Crippen LogP contribution is -2.60. The minimum Gasteiger partial charge on any atom is -0.508 e. The molecule has 14 unspecified atom stereocenters. The zero-order chi connectivity index (χ0) is 48.2. The lowest BCUT2D eigenvalue weighted by Gasteiger charge is -2.42. The van der Waals surface area contributed by atoms with E-state index in [9.17, 15) is 70.2 Å². The Balaban J connectivity index is 1.40. The van der Waals surface area contributed by atoms with Gasteiger partial charge < -0.3 is 98.4 Å². The molecule has 0 radical (unpaired) electrons. The van der Waals surface area contributed by atoms with E-state index in [4.69, 9.17) is 47.4 Å². The van der Waals surface area contributed by atoms with Crippen LogP contribution in [0.1, 0.15) is 24.8 Å². The highest BCUT2D eigenvalue weighted by atomic mass is 16.8. The molecule has 4 aliphatic rings. The molecule has 366 valence electrons. The molecule has 24 heteroatoms. The second-order valence-electron chi connectivity index (χ2n) is 15.2. The topological polar surface area (TPSA) is 363 Å². The number of carbonyl (C=O) groups is 4. The van der Waals surface area contributed by atoms with Gasteiger partial charge in [-0.05, 0) is 30.2 Å². The average molecular weight is 943 g/mol. The van der Waals surface area contributed by atoms with Crippen molar-refractivity contribution in [3.05, 3.63) is 76.8 Å². The zero-order valence-electron chi connectivity index (χ0n) is 35.5. The minimum atomic E-state index is -1.91. The van der Waals surface area contributed by atoms with E-state index in [-0.39, 0.29) is 47.5 Å². The Morgan fingerprint density at radius 3 is 1.62 bits per heavy atom. The van der Waals surface area contributed by atoms with Gasteiger partial charge in [-0.1, -0.05) is 18.2 Å². The van der Waals surface area contributed by atoms with Crippen LogP contribution >= 0.6 is 0 Å². The molecule has 4 heterocycles. The Labute approximate surface area is 376 Å². The molecule has 14 atom stereocenters. The van der Waals surface area contributed by atoms with Gasteiger partial charge in [0.25, 0.3) is 0 Å². The predicted octanol–water partition coefficient (Wildman–Crippen LogP) is -3.31. The molecule has 0 amide bonds. The molecule has 1 aromatic rings. The predicted molar refractivity (Wildman–Crippen MR) is 213 cm³/mol. The molecule has 2 saturated heterocycles. The normalized spacial score (nSPS) is 33.4. The number of methoxy groups -OCH3 is 2. The number of aromatic hydroxyl groups is 1. The quantitative estimate of drug-likeness (QED) is 0.0391. The highest BCUT2D eigenvalue weighted by Gasteiger charge is 2.49. The van der Waals surface area contributed by atoms with Crippen LogP contribution in [-0.2, 0) is 73.2 Å². The maximum Gasteiger partial charge on any atom is 0.337 e. The van der Waals surface area contributed by atoms with Crippen molar-refractivity contribution in [1.82, 2.24) is 0 Å². The lowest BCUT2D eigenvalue weighted by atomic mass is 9.85. The molecule has 1 aromatic carbocycles. The minimum absolute atomic E-state index is 0.000210. The smallest absolute Gasteiger partial charge is 0.337 e. The van der Waals surface area contributed by atoms with Crippen LogP contribution < -0.4 is 0 Å². The van der Waals surface area contributed by atoms with E-state index in [1.165, 1.54) is 30.3 Å². The molecule has 24 nitrogen and oxygen atoms in total. The first-order valence-electron chi connectivity index (χ1n) is 20.5. The van der Waals surface area contributed by atoms with Gasteiger partial charge in [0.05, 0.1) is 64.1 Å². The van der Waals surface area contributed by atoms with Crippen molar-refractivity contribution < 1.29 is 118 Å². The Hall–Kier alpha value is -5.06. The van der Waals surface area contributed by atoms with E-state index in [1.807, 2.05) is 0 Å². The summed E-state index contributed by atoms with van der Waals surface area (Å²) in [5, 5.41) is 101. The number of ether oxygens (including phenoxy) is 10. The number of phenolic OH excluding ortho intramolecular Hbond substituents is 1. The molecule has 66 heavy (non-hydrogen) atoms. The van der Waals surface area contributed by atoms with Crippen LogP contribution in [0.25, 0.3) is 0 Å². The highest BCUT2D eigenvalue weighted by molar-refractivity contribution is 5.91. The number of aliphatic hydroxyl groups excluding tert-OH is 9. The van der Waals surface area contributed by atoms with Crippen molar-refractivity contribution in [2.75, 3.05) is 40.6 Å². The van der Waals surface area contributed by atoms with Crippen LogP contribution in [0.15, 0.2) is 71.2 Å². The van der Waals surface area contributed by atoms with Crippen molar-refractivity contribution in [2.24, 2.45) is 11.8 Å². The Kier molecular flexibility index (Phi) is 19.0. The second-order valence-corrected chi connectivity index (χ2v) is 15.2. The first-order chi connectivity index (χ1) is 31.6. The van der Waals surface area contributed by atoms with Gasteiger partial charge in [-0.15, -0.1) is 0 Å². The summed E-state index contributed by atoms with van der Waals surface area (Å²) in [5.74, 6) is -6.03. The Bertz CT molecular complexity index is 1940. The van der Waals surface area contributed by atoms with Gasteiger partial charge in [-0.3, -0.25) is 9.59 Å². The molecule has 4 aliphatic heterocycles. The molecule has 0 bridgehead atoms. The number of hydrogen-bond acceptors (Lipinski definition) is 24. The van der Waals surface area contributed by atoms with E-state index >= 15 is 0 Å². The number of aliphatic hydroxyl groups is 9. The summed E-state index contributed by atoms with van der Waals surface area (Å²) in [7, 11) is 2.13. The molecule has 0 spiro atoms. The summed E-state index contributed by atoms with van der Waals surface area (Å²) in [6.45, 7) is -3.07. The van der Waals surface area contributed by atoms with Crippen molar-refractivity contribution in [2.45, 2.75) is 99.9 Å². The van der Waals surface area contributed by atoms with Crippen LogP contribution in [0.5, 0.6) is 5.75 Å². The van der Waals surface area contributed by atoms with Gasteiger partial charge >= 0.3 is 23.9 Å². The SMILES string of the molecule is COC(=O)C1=COC(OC2OC(CO)C(O)C(O)C2O)C(=CCOC(=O)CC2C(C(=O)OC)=COC(OC3OC(CO)C(O)C(O)C3O)C2=CCO)C1CCC(=O)OCc1ccc(O)cc1. The fourth-order valence-electron chi connectivity index (χ4n) is 7.40. The second kappa shape index (κ2) is 24.1. The van der Waals surface area contributed by atoms with Gasteiger partial charge in [0.15, 0.2) is 12.6 Å². The van der Waals surface area contributed by atoms with Crippen molar-refractivity contribution >= 4 is 23.9 Å². The number of benzene rings is 1. The molecule has 2 fully saturated rings. The number of phenols is 1. The average Bonchev–Trinajstić information content (AvgIpc) is 3.31. The summed E-state index contributed by atoms with van der Waals surface area (Å²) in [6.07, 6.45) is -17.4. The van der Waals surface area contributed by atoms with Crippen LogP contribution in [0, 0.1) is 11.8 Å². The van der Waals surface area contributed by atoms with Crippen molar-refractivity contribution in [3.63, 3.8) is 0 Å². The van der Waals surface area contributed by atoms with Crippen LogP contribution in [0.3, 0.4) is 0 Å². The monoisotopic (exact) mass is 942 g/mol. The van der Waals surface area contributed by atoms with E-state index in [0.717, 1.165) is 32.8 Å². The first-order valence-corrected chi connectivity index (χ1v) is 20.5. The molecule has 0 aromatic heterocycles. The zero-order valence-corrected chi connectivity index (χ0v) is 35.5. The third-order valence-corrected chi connectivity index (χ3v) is 11.0. The van der Waals surface area contributed by atoms with Crippen LogP contribution in [-0.4, -0.2) is 190 Å². The van der Waals surface area contributed by atoms with Crippen molar-refractivity contribution in [3.8, 4) is 5.75 Å². The van der Waals surface area contributed by atoms with E-state index in [1.54, 1.807) is 0 Å². The Morgan fingerprint density at radius 2 is 1.14 bits per heavy atom. The van der Waals surface area contributed by atoms with E-state index < -0.39 is 143 Å². The number of carbonyl (C=O) groups excluding carboxylic acids is 4. The summed E-state index contributed by atoms with van der Waals surface area (Å²) < 4.78 is 54.6. The summed E-state index contributed by atoms with van der Waals surface area (Å²) in [5.41, 5.74) is 0.0774. The van der Waals surface area contributed by atoms with Crippen LogP contribution in [0.2, 0.25) is 0 Å². The van der Waals surface area contributed by atoms with E-state index in [0.29, 0.717) is 5.56 Å². The largest absolute Gasteiger partial charge is 0.508 e. The number of esters is 4. The lowest BCUT2D eigenvalue weighted by molar-refractivity contribution is -0.328.